The molecule has 0 atom stereocenters. The summed E-state index contributed by atoms with van der Waals surface area (Å²) in [5, 5.41) is 6.30. The summed E-state index contributed by atoms with van der Waals surface area (Å²) < 4.78 is 1.53. The number of nitrogens with one attached hydrogen (secondary N) is 3. The van der Waals surface area contributed by atoms with Gasteiger partial charge in [-0.2, -0.15) is 0 Å². The monoisotopic (exact) mass is 444 g/mol. The predicted molar refractivity (Wildman–Crippen MR) is 121 cm³/mol. The van der Waals surface area contributed by atoms with Crippen molar-refractivity contribution in [3.05, 3.63) is 67.7 Å². The van der Waals surface area contributed by atoms with Crippen LogP contribution in [0.1, 0.15) is 17.5 Å². The van der Waals surface area contributed by atoms with Gasteiger partial charge in [-0.25, -0.2) is 0 Å². The maximum absolute atomic E-state index is 12.6. The molecule has 1 aromatic heterocycles. The summed E-state index contributed by atoms with van der Waals surface area (Å²) in [4.78, 5) is 39.9. The van der Waals surface area contributed by atoms with Gasteiger partial charge >= 0.3 is 0 Å². The van der Waals surface area contributed by atoms with Crippen LogP contribution in [0.5, 0.6) is 0 Å². The Morgan fingerprint density at radius 3 is 2.53 bits per heavy atom. The third-order valence-corrected chi connectivity index (χ3v) is 5.26. The number of H-pyrrole nitrogens is 1. The molecule has 0 radical (unpaired) electrons. The molecule has 0 saturated heterocycles. The maximum atomic E-state index is 12.6. The summed E-state index contributed by atoms with van der Waals surface area (Å²) in [5.41, 5.74) is 2.87. The standard InChI is InChI=1S/C21H21ClN4O3S/c1-12-4-3-5-13(2)19(12)25-18(28)11-23-17(27)8-9-26-20(29)15-7-6-14(22)10-16(15)24-21(26)30/h3-7,10H,8-9,11H2,1-2H3,(H,23,27)(H,24,30)(H,25,28). The van der Waals surface area contributed by atoms with Crippen LogP contribution in [0.3, 0.4) is 0 Å². The quantitative estimate of drug-likeness (QED) is 0.507. The molecule has 3 N–H and O–H groups in total. The zero-order chi connectivity index (χ0) is 21.8. The lowest BCUT2D eigenvalue weighted by atomic mass is 10.1. The summed E-state index contributed by atoms with van der Waals surface area (Å²) in [6.45, 7) is 3.74. The van der Waals surface area contributed by atoms with Gasteiger partial charge in [0.15, 0.2) is 4.77 Å². The molecule has 156 valence electrons. The van der Waals surface area contributed by atoms with E-state index in [1.54, 1.807) is 18.2 Å². The number of aromatic amines is 1. The van der Waals surface area contributed by atoms with Crippen molar-refractivity contribution in [3.63, 3.8) is 0 Å². The van der Waals surface area contributed by atoms with Gasteiger partial charge in [0.05, 0.1) is 17.4 Å². The molecule has 3 aromatic rings. The Bertz CT molecular complexity index is 1230. The lowest BCUT2D eigenvalue weighted by Gasteiger charge is -2.12. The molecule has 7 nitrogen and oxygen atoms in total. The van der Waals surface area contributed by atoms with Gasteiger partial charge in [-0.1, -0.05) is 29.8 Å². The molecule has 0 saturated carbocycles. The minimum atomic E-state index is -0.357. The van der Waals surface area contributed by atoms with Crippen molar-refractivity contribution in [1.29, 1.82) is 0 Å². The molecule has 0 spiro atoms. The first-order chi connectivity index (χ1) is 14.3. The second kappa shape index (κ2) is 9.23. The topological polar surface area (TPSA) is 96.0 Å². The van der Waals surface area contributed by atoms with Crippen molar-refractivity contribution < 1.29 is 9.59 Å². The van der Waals surface area contributed by atoms with Crippen molar-refractivity contribution in [2.24, 2.45) is 0 Å². The zero-order valence-corrected chi connectivity index (χ0v) is 18.1. The second-order valence-electron chi connectivity index (χ2n) is 6.92. The minimum absolute atomic E-state index is 0.00710. The fraction of sp³-hybridized carbons (Fsp3) is 0.238. The van der Waals surface area contributed by atoms with E-state index in [1.807, 2.05) is 32.0 Å². The SMILES string of the molecule is Cc1cccc(C)c1NC(=O)CNC(=O)CCn1c(=S)[nH]c2cc(Cl)ccc2c1=O. The molecule has 0 aliphatic rings. The highest BCUT2D eigenvalue weighted by Crippen LogP contribution is 2.19. The Kier molecular flexibility index (Phi) is 6.69. The van der Waals surface area contributed by atoms with Crippen LogP contribution in [0.2, 0.25) is 5.02 Å². The molecule has 0 bridgehead atoms. The van der Waals surface area contributed by atoms with Crippen LogP contribution in [-0.2, 0) is 16.1 Å². The third kappa shape index (κ3) is 4.95. The lowest BCUT2D eigenvalue weighted by Crippen LogP contribution is -2.34. The molecule has 1 heterocycles. The molecule has 2 amide bonds. The number of carbonyl (C=O) groups excluding carboxylic acids is 2. The number of aryl methyl sites for hydroxylation is 2. The van der Waals surface area contributed by atoms with Gasteiger partial charge in [0.1, 0.15) is 0 Å². The summed E-state index contributed by atoms with van der Waals surface area (Å²) in [6, 6.07) is 10.6. The number of rotatable bonds is 6. The van der Waals surface area contributed by atoms with Crippen LogP contribution in [0.15, 0.2) is 41.2 Å². The van der Waals surface area contributed by atoms with Crippen molar-refractivity contribution >= 4 is 52.2 Å². The van der Waals surface area contributed by atoms with Crippen LogP contribution in [-0.4, -0.2) is 27.9 Å². The van der Waals surface area contributed by atoms with Crippen LogP contribution in [0, 0.1) is 18.6 Å². The van der Waals surface area contributed by atoms with E-state index in [9.17, 15) is 14.4 Å². The fourth-order valence-electron chi connectivity index (χ4n) is 3.11. The average molecular weight is 445 g/mol. The smallest absolute Gasteiger partial charge is 0.262 e. The molecule has 2 aromatic carbocycles. The Balaban J connectivity index is 1.60. The number of hydrogen-bond donors (Lipinski definition) is 3. The van der Waals surface area contributed by atoms with E-state index in [0.717, 1.165) is 16.8 Å². The minimum Gasteiger partial charge on any atom is -0.347 e. The van der Waals surface area contributed by atoms with Crippen molar-refractivity contribution in [1.82, 2.24) is 14.9 Å². The van der Waals surface area contributed by atoms with Gasteiger partial charge in [-0.05, 0) is 55.4 Å². The number of nitrogens with zero attached hydrogens (tertiary/aromatic N) is 1. The van der Waals surface area contributed by atoms with Crippen molar-refractivity contribution in [2.75, 3.05) is 11.9 Å². The van der Waals surface area contributed by atoms with Gasteiger partial charge in [0.25, 0.3) is 5.56 Å². The molecule has 0 aliphatic carbocycles. The first-order valence-corrected chi connectivity index (χ1v) is 10.1. The second-order valence-corrected chi connectivity index (χ2v) is 7.74. The van der Waals surface area contributed by atoms with Gasteiger partial charge in [-0.3, -0.25) is 19.0 Å². The highest BCUT2D eigenvalue weighted by Gasteiger charge is 2.11. The van der Waals surface area contributed by atoms with E-state index in [0.29, 0.717) is 15.9 Å². The van der Waals surface area contributed by atoms with Crippen LogP contribution in [0.4, 0.5) is 5.69 Å². The van der Waals surface area contributed by atoms with Crippen LogP contribution in [0.25, 0.3) is 10.9 Å². The average Bonchev–Trinajstić information content (AvgIpc) is 2.68. The highest BCUT2D eigenvalue weighted by molar-refractivity contribution is 7.71. The summed E-state index contributed by atoms with van der Waals surface area (Å²) in [6.07, 6.45) is 0.00710. The Morgan fingerprint density at radius 2 is 1.83 bits per heavy atom. The maximum Gasteiger partial charge on any atom is 0.262 e. The van der Waals surface area contributed by atoms with Crippen LogP contribution >= 0.6 is 23.8 Å². The van der Waals surface area contributed by atoms with E-state index >= 15 is 0 Å². The Labute approximate surface area is 183 Å². The van der Waals surface area contributed by atoms with Gasteiger partial charge < -0.3 is 15.6 Å². The number of anilines is 1. The molecule has 0 aliphatic heterocycles. The van der Waals surface area contributed by atoms with E-state index in [4.69, 9.17) is 23.8 Å². The number of hydrogen-bond acceptors (Lipinski definition) is 4. The molecule has 0 unspecified atom stereocenters. The summed E-state index contributed by atoms with van der Waals surface area (Å²) >= 11 is 11.2. The number of fused-ring (bicyclic) bond motifs is 1. The number of para-hydroxylation sites is 1. The number of amides is 2. The lowest BCUT2D eigenvalue weighted by molar-refractivity contribution is -0.124. The van der Waals surface area contributed by atoms with Gasteiger partial charge in [-0.15, -0.1) is 0 Å². The van der Waals surface area contributed by atoms with Gasteiger partial charge in [0.2, 0.25) is 11.8 Å². The molecule has 0 fully saturated rings. The Morgan fingerprint density at radius 1 is 1.13 bits per heavy atom. The first-order valence-electron chi connectivity index (χ1n) is 9.31. The fourth-order valence-corrected chi connectivity index (χ4v) is 3.56. The Hall–Kier alpha value is -2.97. The van der Waals surface area contributed by atoms with E-state index < -0.39 is 0 Å². The summed E-state index contributed by atoms with van der Waals surface area (Å²) in [7, 11) is 0. The first kappa shape index (κ1) is 21.7. The summed E-state index contributed by atoms with van der Waals surface area (Å²) in [5.74, 6) is -0.679. The largest absolute Gasteiger partial charge is 0.347 e. The predicted octanol–water partition coefficient (Wildman–Crippen LogP) is 3.47. The molecule has 9 heteroatoms. The number of benzene rings is 2. The molecule has 30 heavy (non-hydrogen) atoms. The number of carbonyl (C=O) groups is 2. The van der Waals surface area contributed by atoms with E-state index in [2.05, 4.69) is 15.6 Å². The number of aromatic nitrogens is 2. The normalized spacial score (nSPS) is 10.8. The molecular weight excluding hydrogens is 424 g/mol. The highest BCUT2D eigenvalue weighted by atomic mass is 35.5. The zero-order valence-electron chi connectivity index (χ0n) is 16.5. The number of halogens is 1. The van der Waals surface area contributed by atoms with Crippen LogP contribution < -0.4 is 16.2 Å². The third-order valence-electron chi connectivity index (χ3n) is 4.70. The van der Waals surface area contributed by atoms with E-state index in [1.165, 1.54) is 4.57 Å². The molecular formula is C21H21ClN4O3S. The molecule has 3 rings (SSSR count). The van der Waals surface area contributed by atoms with Crippen molar-refractivity contribution in [3.8, 4) is 0 Å². The van der Waals surface area contributed by atoms with Gasteiger partial charge in [0, 0.05) is 23.7 Å². The van der Waals surface area contributed by atoms with Crippen molar-refractivity contribution in [2.45, 2.75) is 26.8 Å². The van der Waals surface area contributed by atoms with E-state index in [-0.39, 0.29) is 41.7 Å².